The van der Waals surface area contributed by atoms with E-state index in [0.29, 0.717) is 0 Å². The second-order valence-electron chi connectivity index (χ2n) is 0.447. The molecule has 1 radical (unpaired) electrons. The molecule has 0 fully saturated rings. The Morgan fingerprint density at radius 3 is 0.800 bits per heavy atom. The number of rotatable bonds is 0. The first-order valence-electron chi connectivity index (χ1n) is 1.10. The van der Waals surface area contributed by atoms with Gasteiger partial charge in [-0.1, -0.05) is 0 Å². The smallest absolute Gasteiger partial charge is 0.356 e. The van der Waals surface area contributed by atoms with E-state index in [4.69, 9.17) is 30.6 Å². The maximum atomic E-state index is 8.25. The molecule has 0 heterocycles. The molecule has 10 heteroatoms. The number of hydrogen-bond donors (Lipinski definition) is 0. The van der Waals surface area contributed by atoms with Crippen LogP contribution in [0.15, 0.2) is 0 Å². The van der Waals surface area contributed by atoms with Crippen LogP contribution in [0.2, 0.25) is 0 Å². The van der Waals surface area contributed by atoms with Gasteiger partial charge in [-0.15, -0.1) is 0 Å². The predicted octanol–water partition coefficient (Wildman–Crippen LogP) is -3.48. The van der Waals surface area contributed by atoms with Crippen molar-refractivity contribution < 1.29 is 78.3 Å². The summed E-state index contributed by atoms with van der Waals surface area (Å²) in [5.74, 6) is 0. The molecule has 0 aliphatic carbocycles. The van der Waals surface area contributed by atoms with E-state index in [9.17, 15) is 0 Å². The van der Waals surface area contributed by atoms with Gasteiger partial charge in [0.2, 0.25) is 0 Å². The second kappa shape index (κ2) is 16.3. The average Bonchev–Trinajstić information content (AvgIpc) is 1.25. The van der Waals surface area contributed by atoms with Crippen LogP contribution in [-0.4, -0.2) is 10.2 Å². The van der Waals surface area contributed by atoms with Crippen LogP contribution in [0.1, 0.15) is 0 Å². The Labute approximate surface area is 107 Å². The normalized spacial score (nSPS) is 4.80. The fourth-order valence-electron chi connectivity index (χ4n) is 0. The molecule has 0 aromatic rings. The fourth-order valence-corrected chi connectivity index (χ4v) is 0. The molecule has 0 spiro atoms. The number of hydrogen-bond acceptors (Lipinski definition) is 6. The molecule has 8 nitrogen and oxygen atoms in total. The van der Waals surface area contributed by atoms with Crippen LogP contribution in [0.25, 0.3) is 0 Å². The van der Waals surface area contributed by atoms with Gasteiger partial charge < -0.3 is 30.6 Å². The van der Waals surface area contributed by atoms with Gasteiger partial charge in [0, 0.05) is 0 Å². The van der Waals surface area contributed by atoms with Crippen molar-refractivity contribution in [2.45, 2.75) is 0 Å². The van der Waals surface area contributed by atoms with Gasteiger partial charge in [0.25, 0.3) is 0 Å². The molecule has 0 amide bonds. The summed E-state index contributed by atoms with van der Waals surface area (Å²) >= 11 is 0. The van der Waals surface area contributed by atoms with Crippen molar-refractivity contribution in [3.05, 3.63) is 30.6 Å². The van der Waals surface area contributed by atoms with Gasteiger partial charge >= 0.3 is 68.2 Å². The van der Waals surface area contributed by atoms with E-state index in [2.05, 4.69) is 0 Å². The molecular weight excluding hydrogens is 222 g/mol. The third kappa shape index (κ3) is 1650. The molecule has 0 aromatic heterocycles. The Morgan fingerprint density at radius 2 is 0.800 bits per heavy atom. The van der Waals surface area contributed by atoms with Gasteiger partial charge in [-0.2, -0.15) is 0 Å². The molecule has 0 N–H and O–H groups in total. The molecule has 0 saturated heterocycles. The first-order valence-corrected chi connectivity index (χ1v) is 1.10. The topological polar surface area (TPSA) is 132 Å². The molecule has 0 aromatic carbocycles. The molecule has 0 rings (SSSR count). The summed E-state index contributed by atoms with van der Waals surface area (Å²) in [5.41, 5.74) is 0. The summed E-state index contributed by atoms with van der Waals surface area (Å²) in [5, 5.41) is 29.5. The van der Waals surface area contributed by atoms with Crippen LogP contribution in [0, 0.1) is 30.6 Å². The largest absolute Gasteiger partial charge is 2.00 e. The van der Waals surface area contributed by atoms with E-state index in [-0.39, 0.29) is 68.2 Å². The van der Waals surface area contributed by atoms with E-state index in [0.717, 1.165) is 0 Å². The summed E-state index contributed by atoms with van der Waals surface area (Å²) in [6.45, 7) is 0. The maximum absolute atomic E-state index is 8.25. The zero-order chi connectivity index (χ0) is 7.15. The van der Waals surface area contributed by atoms with Crippen LogP contribution < -0.4 is 51.4 Å². The van der Waals surface area contributed by atoms with E-state index < -0.39 is 10.2 Å². The third-order valence-electron chi connectivity index (χ3n) is 0. The zero-order valence-corrected chi connectivity index (χ0v) is 8.84. The molecule has 55 valence electrons. The first-order chi connectivity index (χ1) is 3.46. The first kappa shape index (κ1) is 22.4. The SMILES string of the molecule is O=[N+]([O-])[O-].O=[N+]([O-])[O-].[Co+2].[K+]. The molecule has 0 aliphatic heterocycles. The Morgan fingerprint density at radius 1 is 0.800 bits per heavy atom. The van der Waals surface area contributed by atoms with Crippen molar-refractivity contribution in [3.63, 3.8) is 0 Å². The maximum Gasteiger partial charge on any atom is 2.00 e. The molecule has 10 heavy (non-hydrogen) atoms. The van der Waals surface area contributed by atoms with Crippen molar-refractivity contribution in [2.75, 3.05) is 0 Å². The number of nitrogens with zero attached hydrogens (tertiary/aromatic N) is 2. The second-order valence-corrected chi connectivity index (χ2v) is 0.447. The Kier molecular flexibility index (Phi) is 36.5. The fraction of sp³-hybridized carbons (Fsp3) is 0. The summed E-state index contributed by atoms with van der Waals surface area (Å²) in [7, 11) is 0. The van der Waals surface area contributed by atoms with Gasteiger partial charge in [0.15, 0.2) is 0 Å². The van der Waals surface area contributed by atoms with Crippen molar-refractivity contribution in [1.29, 1.82) is 0 Å². The quantitative estimate of drug-likeness (QED) is 0.237. The van der Waals surface area contributed by atoms with E-state index in [1.807, 2.05) is 0 Å². The van der Waals surface area contributed by atoms with Gasteiger partial charge in [-0.25, -0.2) is 0 Å². The summed E-state index contributed by atoms with van der Waals surface area (Å²) in [4.78, 5) is 16.5. The van der Waals surface area contributed by atoms with Gasteiger partial charge in [0.05, 0.1) is 10.2 Å². The minimum Gasteiger partial charge on any atom is -0.356 e. The Bertz CT molecular complexity index is 73.7. The molecule has 0 bridgehead atoms. The molecule has 0 saturated carbocycles. The van der Waals surface area contributed by atoms with Crippen molar-refractivity contribution in [1.82, 2.24) is 0 Å². The monoisotopic (exact) mass is 222 g/mol. The third-order valence-corrected chi connectivity index (χ3v) is 0. The average molecular weight is 222 g/mol. The van der Waals surface area contributed by atoms with Crippen molar-refractivity contribution in [2.24, 2.45) is 0 Å². The van der Waals surface area contributed by atoms with Crippen LogP contribution in [0.5, 0.6) is 0 Å². The van der Waals surface area contributed by atoms with Crippen LogP contribution in [-0.2, 0) is 16.8 Å². The molecule has 0 aliphatic rings. The van der Waals surface area contributed by atoms with Gasteiger partial charge in [-0.05, 0) is 0 Å². The summed E-state index contributed by atoms with van der Waals surface area (Å²) in [6.07, 6.45) is 0. The van der Waals surface area contributed by atoms with Crippen molar-refractivity contribution in [3.8, 4) is 0 Å². The zero-order valence-electron chi connectivity index (χ0n) is 4.68. The van der Waals surface area contributed by atoms with Crippen molar-refractivity contribution >= 4 is 0 Å². The van der Waals surface area contributed by atoms with E-state index in [1.165, 1.54) is 0 Å². The van der Waals surface area contributed by atoms with E-state index in [1.54, 1.807) is 0 Å². The predicted molar refractivity (Wildman–Crippen MR) is 20.7 cm³/mol. The Hall–Kier alpha value is 0.543. The van der Waals surface area contributed by atoms with Crippen LogP contribution >= 0.6 is 0 Å². The Balaban J connectivity index is -0.0000000300. The molecular formula is CoKN2O6+. The molecule has 0 atom stereocenters. The minimum atomic E-state index is -1.75. The summed E-state index contributed by atoms with van der Waals surface area (Å²) < 4.78 is 0. The van der Waals surface area contributed by atoms with Gasteiger partial charge in [0.1, 0.15) is 0 Å². The van der Waals surface area contributed by atoms with E-state index >= 15 is 0 Å². The van der Waals surface area contributed by atoms with Crippen LogP contribution in [0.4, 0.5) is 0 Å². The van der Waals surface area contributed by atoms with Gasteiger partial charge in [-0.3, -0.25) is 0 Å². The summed E-state index contributed by atoms with van der Waals surface area (Å²) in [6, 6.07) is 0. The molecule has 0 unspecified atom stereocenters. The van der Waals surface area contributed by atoms with Crippen LogP contribution in [0.3, 0.4) is 0 Å². The minimum absolute atomic E-state index is 0. The standard InChI is InChI=1S/Co.K.2NO3/c;;2*2-1(3)4/q+2;+1;2*-1.